The lowest BCUT2D eigenvalue weighted by molar-refractivity contribution is -0.134. The molecule has 2 aliphatic rings. The van der Waals surface area contributed by atoms with Gasteiger partial charge < -0.3 is 10.2 Å². The summed E-state index contributed by atoms with van der Waals surface area (Å²) in [5, 5.41) is 2.39. The maximum Gasteiger partial charge on any atom is 0.227 e. The monoisotopic (exact) mass is 364 g/mol. The molecule has 2 unspecified atom stereocenters. The van der Waals surface area contributed by atoms with Gasteiger partial charge in [0.1, 0.15) is 9.84 Å². The van der Waals surface area contributed by atoms with E-state index in [0.29, 0.717) is 24.9 Å². The molecular weight excluding hydrogens is 340 g/mol. The lowest BCUT2D eigenvalue weighted by Gasteiger charge is -2.38. The molecule has 25 heavy (non-hydrogen) atoms. The van der Waals surface area contributed by atoms with Crippen LogP contribution in [0.3, 0.4) is 0 Å². The minimum absolute atomic E-state index is 0.0460. The molecule has 2 fully saturated rings. The van der Waals surface area contributed by atoms with Crippen LogP contribution in [0, 0.1) is 0 Å². The zero-order valence-corrected chi connectivity index (χ0v) is 15.4. The van der Waals surface area contributed by atoms with Gasteiger partial charge in [0, 0.05) is 31.0 Å². The summed E-state index contributed by atoms with van der Waals surface area (Å²) < 4.78 is 23.7. The van der Waals surface area contributed by atoms with E-state index in [1.54, 1.807) is 12.1 Å². The largest absolute Gasteiger partial charge is 0.336 e. The Bertz CT molecular complexity index is 759. The minimum Gasteiger partial charge on any atom is -0.336 e. The fourth-order valence-electron chi connectivity index (χ4n) is 4.06. The standard InChI is InChI=1S/C18H24N2O4S/c1-12(21)19-14-5-3-13(4-6-14)9-18(22)20-15-7-8-16(20)11-17(10-15)25(2,23)24/h3-6,15-17H,7-11H2,1-2H3,(H,19,21). The smallest absolute Gasteiger partial charge is 0.227 e. The minimum atomic E-state index is -3.05. The molecule has 2 aliphatic heterocycles. The van der Waals surface area contributed by atoms with Gasteiger partial charge in [-0.3, -0.25) is 9.59 Å². The van der Waals surface area contributed by atoms with Crippen molar-refractivity contribution in [1.29, 1.82) is 0 Å². The zero-order chi connectivity index (χ0) is 18.2. The number of benzene rings is 1. The van der Waals surface area contributed by atoms with E-state index < -0.39 is 9.84 Å². The van der Waals surface area contributed by atoms with E-state index in [4.69, 9.17) is 0 Å². The third-order valence-corrected chi connectivity index (χ3v) is 6.81. The molecule has 1 N–H and O–H groups in total. The number of amides is 2. The maximum atomic E-state index is 12.8. The molecule has 1 aromatic rings. The molecule has 0 radical (unpaired) electrons. The van der Waals surface area contributed by atoms with E-state index in [0.717, 1.165) is 18.4 Å². The van der Waals surface area contributed by atoms with Gasteiger partial charge in [-0.15, -0.1) is 0 Å². The molecule has 136 valence electrons. The van der Waals surface area contributed by atoms with Gasteiger partial charge in [-0.05, 0) is 43.4 Å². The summed E-state index contributed by atoms with van der Waals surface area (Å²) >= 11 is 0. The summed E-state index contributed by atoms with van der Waals surface area (Å²) in [5.74, 6) is -0.0686. The van der Waals surface area contributed by atoms with Crippen LogP contribution in [0.5, 0.6) is 0 Å². The number of carbonyl (C=O) groups excluding carboxylic acids is 2. The topological polar surface area (TPSA) is 83.6 Å². The summed E-state index contributed by atoms with van der Waals surface area (Å²) in [6.07, 6.45) is 4.50. The van der Waals surface area contributed by atoms with Gasteiger partial charge in [0.05, 0.1) is 11.7 Å². The van der Waals surface area contributed by atoms with E-state index in [1.165, 1.54) is 13.2 Å². The van der Waals surface area contributed by atoms with Gasteiger partial charge in [0.15, 0.2) is 0 Å². The molecule has 0 aliphatic carbocycles. The first-order valence-electron chi connectivity index (χ1n) is 8.60. The highest BCUT2D eigenvalue weighted by Gasteiger charge is 2.45. The molecule has 6 nitrogen and oxygen atoms in total. The second-order valence-electron chi connectivity index (χ2n) is 7.16. The van der Waals surface area contributed by atoms with Crippen molar-refractivity contribution in [2.45, 2.75) is 56.4 Å². The van der Waals surface area contributed by atoms with Gasteiger partial charge in [0.25, 0.3) is 0 Å². The summed E-state index contributed by atoms with van der Waals surface area (Å²) in [6.45, 7) is 1.45. The van der Waals surface area contributed by atoms with Crippen molar-refractivity contribution in [3.8, 4) is 0 Å². The maximum absolute atomic E-state index is 12.8. The molecular formula is C18H24N2O4S. The third-order valence-electron chi connectivity index (χ3n) is 5.21. The molecule has 2 bridgehead atoms. The summed E-state index contributed by atoms with van der Waals surface area (Å²) in [7, 11) is -3.05. The number of fused-ring (bicyclic) bond motifs is 2. The summed E-state index contributed by atoms with van der Waals surface area (Å²) in [4.78, 5) is 25.7. The van der Waals surface area contributed by atoms with Crippen LogP contribution in [0.4, 0.5) is 5.69 Å². The first-order valence-corrected chi connectivity index (χ1v) is 10.6. The van der Waals surface area contributed by atoms with Crippen molar-refractivity contribution in [2.75, 3.05) is 11.6 Å². The van der Waals surface area contributed by atoms with Crippen LogP contribution < -0.4 is 5.32 Å². The Balaban J connectivity index is 1.65. The van der Waals surface area contributed by atoms with E-state index in [-0.39, 0.29) is 29.1 Å². The summed E-state index contributed by atoms with van der Waals surface area (Å²) in [6, 6.07) is 7.35. The highest BCUT2D eigenvalue weighted by molar-refractivity contribution is 7.91. The molecule has 0 saturated carbocycles. The van der Waals surface area contributed by atoms with Crippen LogP contribution >= 0.6 is 0 Å². The number of piperidine rings is 1. The number of carbonyl (C=O) groups is 2. The van der Waals surface area contributed by atoms with Crippen LogP contribution in [-0.4, -0.2) is 48.7 Å². The molecule has 0 spiro atoms. The zero-order valence-electron chi connectivity index (χ0n) is 14.6. The average molecular weight is 364 g/mol. The van der Waals surface area contributed by atoms with Crippen LogP contribution in [0.2, 0.25) is 0 Å². The first-order chi connectivity index (χ1) is 11.7. The Kier molecular flexibility index (Phi) is 4.86. The Morgan fingerprint density at radius 2 is 1.68 bits per heavy atom. The predicted octanol–water partition coefficient (Wildman–Crippen LogP) is 1.75. The van der Waals surface area contributed by atoms with E-state index in [1.807, 2.05) is 17.0 Å². The van der Waals surface area contributed by atoms with Crippen molar-refractivity contribution in [2.24, 2.45) is 0 Å². The number of anilines is 1. The molecule has 2 heterocycles. The Hall–Kier alpha value is -1.89. The second kappa shape index (κ2) is 6.78. The van der Waals surface area contributed by atoms with Gasteiger partial charge in [-0.25, -0.2) is 8.42 Å². The molecule has 3 rings (SSSR count). The van der Waals surface area contributed by atoms with Gasteiger partial charge >= 0.3 is 0 Å². The van der Waals surface area contributed by atoms with Gasteiger partial charge in [-0.1, -0.05) is 12.1 Å². The SMILES string of the molecule is CC(=O)Nc1ccc(CC(=O)N2C3CCC2CC(S(C)(=O)=O)C3)cc1. The fourth-order valence-corrected chi connectivity index (χ4v) is 5.20. The van der Waals surface area contributed by atoms with Crippen molar-refractivity contribution in [3.05, 3.63) is 29.8 Å². The average Bonchev–Trinajstić information content (AvgIpc) is 2.78. The molecule has 2 saturated heterocycles. The first kappa shape index (κ1) is 17.9. The third kappa shape index (κ3) is 4.03. The molecule has 7 heteroatoms. The van der Waals surface area contributed by atoms with Crippen LogP contribution in [-0.2, 0) is 25.8 Å². The summed E-state index contributed by atoms with van der Waals surface area (Å²) in [5.41, 5.74) is 1.60. The molecule has 2 atom stereocenters. The number of sulfone groups is 1. The lowest BCUT2D eigenvalue weighted by atomic mass is 10.0. The number of hydrogen-bond acceptors (Lipinski definition) is 4. The normalized spacial score (nSPS) is 25.7. The van der Waals surface area contributed by atoms with E-state index in [2.05, 4.69) is 5.32 Å². The number of nitrogens with zero attached hydrogens (tertiary/aromatic N) is 1. The predicted molar refractivity (Wildman–Crippen MR) is 96.0 cm³/mol. The molecule has 1 aromatic carbocycles. The van der Waals surface area contributed by atoms with Crippen molar-refractivity contribution >= 4 is 27.3 Å². The molecule has 2 amide bonds. The number of rotatable bonds is 4. The van der Waals surface area contributed by atoms with Crippen molar-refractivity contribution in [3.63, 3.8) is 0 Å². The Morgan fingerprint density at radius 3 is 2.16 bits per heavy atom. The fraction of sp³-hybridized carbons (Fsp3) is 0.556. The second-order valence-corrected chi connectivity index (χ2v) is 9.49. The Morgan fingerprint density at radius 1 is 1.12 bits per heavy atom. The number of hydrogen-bond donors (Lipinski definition) is 1. The van der Waals surface area contributed by atoms with Crippen LogP contribution in [0.1, 0.15) is 38.2 Å². The molecule has 0 aromatic heterocycles. The van der Waals surface area contributed by atoms with Crippen LogP contribution in [0.15, 0.2) is 24.3 Å². The van der Waals surface area contributed by atoms with Crippen molar-refractivity contribution in [1.82, 2.24) is 4.90 Å². The van der Waals surface area contributed by atoms with Gasteiger partial charge in [-0.2, -0.15) is 0 Å². The van der Waals surface area contributed by atoms with E-state index >= 15 is 0 Å². The Labute approximate surface area is 148 Å². The lowest BCUT2D eigenvalue weighted by Crippen LogP contribution is -2.50. The van der Waals surface area contributed by atoms with Gasteiger partial charge in [0.2, 0.25) is 11.8 Å². The highest BCUT2D eigenvalue weighted by atomic mass is 32.2. The quantitative estimate of drug-likeness (QED) is 0.882. The van der Waals surface area contributed by atoms with Crippen LogP contribution in [0.25, 0.3) is 0 Å². The number of nitrogens with one attached hydrogen (secondary N) is 1. The van der Waals surface area contributed by atoms with Crippen molar-refractivity contribution < 1.29 is 18.0 Å². The highest BCUT2D eigenvalue weighted by Crippen LogP contribution is 2.38. The van der Waals surface area contributed by atoms with E-state index in [9.17, 15) is 18.0 Å².